The van der Waals surface area contributed by atoms with E-state index in [9.17, 15) is 0 Å². The molecule has 0 radical (unpaired) electrons. The van der Waals surface area contributed by atoms with Crippen LogP contribution in [0.2, 0.25) is 0 Å². The van der Waals surface area contributed by atoms with E-state index in [2.05, 4.69) is 32.0 Å². The van der Waals surface area contributed by atoms with Crippen LogP contribution in [0.5, 0.6) is 5.75 Å². The Hall–Kier alpha value is -0.690. The average molecular weight is 267 g/mol. The van der Waals surface area contributed by atoms with Gasteiger partial charge in [-0.2, -0.15) is 0 Å². The van der Waals surface area contributed by atoms with E-state index in [0.29, 0.717) is 12.5 Å². The Kier molecular flexibility index (Phi) is 4.55. The summed E-state index contributed by atoms with van der Waals surface area (Å²) in [4.78, 5) is 0. The van der Waals surface area contributed by atoms with Crippen LogP contribution < -0.4 is 4.74 Å². The molecule has 0 amide bonds. The van der Waals surface area contributed by atoms with E-state index in [0.717, 1.165) is 11.7 Å². The van der Waals surface area contributed by atoms with Gasteiger partial charge in [-0.3, -0.25) is 0 Å². The van der Waals surface area contributed by atoms with Crippen molar-refractivity contribution in [1.29, 1.82) is 0 Å². The predicted octanol–water partition coefficient (Wildman–Crippen LogP) is 5.11. The Labute approximate surface area is 115 Å². The molecule has 1 aromatic rings. The van der Waals surface area contributed by atoms with Gasteiger partial charge in [0.05, 0.1) is 12.0 Å². The zero-order valence-electron chi connectivity index (χ0n) is 11.6. The van der Waals surface area contributed by atoms with Gasteiger partial charge in [0.15, 0.2) is 0 Å². The fraction of sp³-hybridized carbons (Fsp3) is 0.625. The Balaban J connectivity index is 2.27. The minimum Gasteiger partial charge on any atom is -0.494 e. The summed E-state index contributed by atoms with van der Waals surface area (Å²) >= 11 is 6.74. The number of hydrogen-bond donors (Lipinski definition) is 0. The van der Waals surface area contributed by atoms with Crippen LogP contribution in [0, 0.1) is 18.8 Å². The van der Waals surface area contributed by atoms with E-state index in [1.54, 1.807) is 0 Å². The number of benzene rings is 1. The van der Waals surface area contributed by atoms with Crippen LogP contribution in [-0.4, -0.2) is 6.61 Å². The number of aryl methyl sites for hydroxylation is 1. The van der Waals surface area contributed by atoms with Crippen LogP contribution in [0.1, 0.15) is 49.6 Å². The van der Waals surface area contributed by atoms with Crippen LogP contribution in [-0.2, 0) is 0 Å². The van der Waals surface area contributed by atoms with Crippen LogP contribution in [0.25, 0.3) is 0 Å². The Morgan fingerprint density at radius 3 is 2.78 bits per heavy atom. The Bertz CT molecular complexity index is 402. The van der Waals surface area contributed by atoms with Crippen molar-refractivity contribution in [2.75, 3.05) is 6.61 Å². The van der Waals surface area contributed by atoms with Gasteiger partial charge in [-0.1, -0.05) is 37.5 Å². The second kappa shape index (κ2) is 5.97. The molecule has 0 aromatic heterocycles. The molecule has 2 rings (SSSR count). The van der Waals surface area contributed by atoms with E-state index >= 15 is 0 Å². The van der Waals surface area contributed by atoms with Crippen molar-refractivity contribution in [3.05, 3.63) is 29.3 Å². The minimum absolute atomic E-state index is 0.0870. The molecule has 1 nitrogen and oxygen atoms in total. The Morgan fingerprint density at radius 1 is 1.39 bits per heavy atom. The van der Waals surface area contributed by atoms with E-state index in [1.165, 1.54) is 30.4 Å². The number of alkyl halides is 1. The van der Waals surface area contributed by atoms with Gasteiger partial charge in [-0.15, -0.1) is 11.6 Å². The molecule has 1 fully saturated rings. The maximum absolute atomic E-state index is 6.74. The standard InChI is InChI=1S/C16H23ClO/c1-4-18-15-9-8-11(2)10-14(15)16(17)13-7-5-6-12(13)3/h8-10,12-13,16H,4-7H2,1-3H3. The molecule has 100 valence electrons. The van der Waals surface area contributed by atoms with Crippen molar-refractivity contribution in [2.24, 2.45) is 11.8 Å². The molecule has 0 bridgehead atoms. The van der Waals surface area contributed by atoms with Gasteiger partial charge in [0.25, 0.3) is 0 Å². The van der Waals surface area contributed by atoms with Gasteiger partial charge >= 0.3 is 0 Å². The highest BCUT2D eigenvalue weighted by Crippen LogP contribution is 2.46. The average Bonchev–Trinajstić information content (AvgIpc) is 2.77. The first-order chi connectivity index (χ1) is 8.63. The molecule has 1 aliphatic rings. The van der Waals surface area contributed by atoms with Crippen LogP contribution >= 0.6 is 11.6 Å². The van der Waals surface area contributed by atoms with Gasteiger partial charge < -0.3 is 4.74 Å². The summed E-state index contributed by atoms with van der Waals surface area (Å²) in [5.74, 6) is 2.28. The third-order valence-electron chi connectivity index (χ3n) is 4.07. The molecule has 0 N–H and O–H groups in total. The normalized spacial score (nSPS) is 25.1. The van der Waals surface area contributed by atoms with Crippen molar-refractivity contribution in [1.82, 2.24) is 0 Å². The molecule has 1 saturated carbocycles. The molecule has 0 saturated heterocycles. The summed E-state index contributed by atoms with van der Waals surface area (Å²) in [6.45, 7) is 7.15. The maximum atomic E-state index is 6.74. The molecule has 0 spiro atoms. The number of halogens is 1. The lowest BCUT2D eigenvalue weighted by Crippen LogP contribution is -2.12. The molecular weight excluding hydrogens is 244 g/mol. The summed E-state index contributed by atoms with van der Waals surface area (Å²) in [5.41, 5.74) is 2.43. The first-order valence-corrected chi connectivity index (χ1v) is 7.44. The van der Waals surface area contributed by atoms with Crippen LogP contribution in [0.4, 0.5) is 0 Å². The largest absolute Gasteiger partial charge is 0.494 e. The first-order valence-electron chi connectivity index (χ1n) is 7.01. The van der Waals surface area contributed by atoms with E-state index in [1.807, 2.05) is 6.92 Å². The van der Waals surface area contributed by atoms with E-state index < -0.39 is 0 Å². The summed E-state index contributed by atoms with van der Waals surface area (Å²) in [6.07, 6.45) is 3.86. The molecule has 0 aliphatic heterocycles. The van der Waals surface area contributed by atoms with Gasteiger partial charge in [-0.05, 0) is 38.2 Å². The van der Waals surface area contributed by atoms with Crippen LogP contribution in [0.3, 0.4) is 0 Å². The topological polar surface area (TPSA) is 9.23 Å². The first kappa shape index (κ1) is 13.7. The molecule has 3 atom stereocenters. The summed E-state index contributed by atoms with van der Waals surface area (Å²) < 4.78 is 5.72. The third kappa shape index (κ3) is 2.83. The van der Waals surface area contributed by atoms with Gasteiger partial charge in [-0.25, -0.2) is 0 Å². The number of rotatable bonds is 4. The molecule has 1 aliphatic carbocycles. The highest BCUT2D eigenvalue weighted by molar-refractivity contribution is 6.21. The summed E-state index contributed by atoms with van der Waals surface area (Å²) in [6, 6.07) is 6.34. The smallest absolute Gasteiger partial charge is 0.123 e. The Morgan fingerprint density at radius 2 is 2.17 bits per heavy atom. The lowest BCUT2D eigenvalue weighted by Gasteiger charge is -2.24. The lowest BCUT2D eigenvalue weighted by molar-refractivity contribution is 0.328. The highest BCUT2D eigenvalue weighted by Gasteiger charge is 2.32. The summed E-state index contributed by atoms with van der Waals surface area (Å²) in [7, 11) is 0. The number of ether oxygens (including phenoxy) is 1. The fourth-order valence-electron chi connectivity index (χ4n) is 3.01. The van der Waals surface area contributed by atoms with Gasteiger partial charge in [0.1, 0.15) is 5.75 Å². The van der Waals surface area contributed by atoms with Crippen molar-refractivity contribution in [3.8, 4) is 5.75 Å². The maximum Gasteiger partial charge on any atom is 0.123 e. The predicted molar refractivity (Wildman–Crippen MR) is 77.4 cm³/mol. The number of hydrogen-bond acceptors (Lipinski definition) is 1. The summed E-state index contributed by atoms with van der Waals surface area (Å²) in [5, 5.41) is 0.0870. The molecule has 18 heavy (non-hydrogen) atoms. The second-order valence-electron chi connectivity index (χ2n) is 5.45. The monoisotopic (exact) mass is 266 g/mol. The highest BCUT2D eigenvalue weighted by atomic mass is 35.5. The minimum atomic E-state index is 0.0870. The van der Waals surface area contributed by atoms with Gasteiger partial charge in [0, 0.05) is 5.56 Å². The quantitative estimate of drug-likeness (QED) is 0.688. The van der Waals surface area contributed by atoms with E-state index in [-0.39, 0.29) is 5.38 Å². The molecule has 2 heteroatoms. The van der Waals surface area contributed by atoms with Crippen molar-refractivity contribution in [2.45, 2.75) is 45.4 Å². The second-order valence-corrected chi connectivity index (χ2v) is 5.92. The van der Waals surface area contributed by atoms with Crippen LogP contribution in [0.15, 0.2) is 18.2 Å². The fourth-order valence-corrected chi connectivity index (χ4v) is 3.55. The SMILES string of the molecule is CCOc1ccc(C)cc1C(Cl)C1CCCC1C. The van der Waals surface area contributed by atoms with Crippen molar-refractivity contribution < 1.29 is 4.74 Å². The zero-order chi connectivity index (χ0) is 13.1. The van der Waals surface area contributed by atoms with E-state index in [4.69, 9.17) is 16.3 Å². The van der Waals surface area contributed by atoms with Crippen molar-refractivity contribution in [3.63, 3.8) is 0 Å². The molecule has 1 aromatic carbocycles. The third-order valence-corrected chi connectivity index (χ3v) is 4.62. The zero-order valence-corrected chi connectivity index (χ0v) is 12.3. The molecule has 3 unspecified atom stereocenters. The lowest BCUT2D eigenvalue weighted by atomic mass is 9.89. The molecular formula is C16H23ClO. The van der Waals surface area contributed by atoms with Crippen molar-refractivity contribution >= 4 is 11.6 Å². The van der Waals surface area contributed by atoms with Gasteiger partial charge in [0.2, 0.25) is 0 Å². The molecule has 0 heterocycles.